The number of carbonyl (C=O) groups is 1. The zero-order valence-electron chi connectivity index (χ0n) is 9.27. The summed E-state index contributed by atoms with van der Waals surface area (Å²) in [7, 11) is 0. The van der Waals surface area contributed by atoms with Crippen molar-refractivity contribution in [1.29, 1.82) is 0 Å². The Morgan fingerprint density at radius 3 is 2.38 bits per heavy atom. The molecule has 0 saturated carbocycles. The Morgan fingerprint density at radius 2 is 1.94 bits per heavy atom. The predicted octanol–water partition coefficient (Wildman–Crippen LogP) is 1.42. The molecule has 1 atom stereocenters. The normalized spacial score (nSPS) is 11.4. The lowest BCUT2D eigenvalue weighted by Crippen LogP contribution is -2.15. The van der Waals surface area contributed by atoms with Crippen LogP contribution in [0.4, 0.5) is 5.69 Å². The van der Waals surface area contributed by atoms with Crippen LogP contribution in [0, 0.1) is 0 Å². The number of nitrogens with one attached hydrogen (secondary N) is 1. The first-order valence-electron chi connectivity index (χ1n) is 4.96. The number of carbonyl (C=O) groups excluding carboxylic acids is 1. The maximum atomic E-state index is 10.8. The van der Waals surface area contributed by atoms with Crippen molar-refractivity contribution in [1.82, 2.24) is 0 Å². The highest BCUT2D eigenvalue weighted by Gasteiger charge is 2.04. The predicted molar refractivity (Wildman–Crippen MR) is 68.6 cm³/mol. The summed E-state index contributed by atoms with van der Waals surface area (Å²) in [4.78, 5) is 10.8. The van der Waals surface area contributed by atoms with E-state index in [4.69, 9.17) is 11.5 Å². The third kappa shape index (κ3) is 4.61. The zero-order chi connectivity index (χ0) is 11.3. The van der Waals surface area contributed by atoms with Crippen molar-refractivity contribution in [3.8, 4) is 0 Å². The summed E-state index contributed by atoms with van der Waals surface area (Å²) in [6.45, 7) is 2.06. The van der Waals surface area contributed by atoms with Gasteiger partial charge in [0.1, 0.15) is 0 Å². The molecular formula is C11H18ClN3O. The lowest BCUT2D eigenvalue weighted by molar-refractivity contribution is -0.114. The number of hydrogen-bond acceptors (Lipinski definition) is 3. The molecule has 0 aliphatic heterocycles. The van der Waals surface area contributed by atoms with Gasteiger partial charge in [0.05, 0.1) is 0 Å². The number of anilines is 1. The first kappa shape index (κ1) is 14.9. The maximum absolute atomic E-state index is 10.8. The molecule has 0 spiro atoms. The molecule has 4 nitrogen and oxygen atoms in total. The lowest BCUT2D eigenvalue weighted by atomic mass is 10.0. The van der Waals surface area contributed by atoms with Crippen LogP contribution in [0.5, 0.6) is 0 Å². The maximum Gasteiger partial charge on any atom is 0.221 e. The summed E-state index contributed by atoms with van der Waals surface area (Å²) in [5.74, 6) is -0.0750. The fourth-order valence-electron chi connectivity index (χ4n) is 1.36. The summed E-state index contributed by atoms with van der Waals surface area (Å²) in [5, 5.41) is 2.70. The molecule has 16 heavy (non-hydrogen) atoms. The van der Waals surface area contributed by atoms with Gasteiger partial charge in [0.15, 0.2) is 0 Å². The van der Waals surface area contributed by atoms with Gasteiger partial charge in [0, 0.05) is 18.7 Å². The van der Waals surface area contributed by atoms with Gasteiger partial charge in [0.2, 0.25) is 5.91 Å². The lowest BCUT2D eigenvalue weighted by Gasteiger charge is -2.11. The van der Waals surface area contributed by atoms with Crippen molar-refractivity contribution < 1.29 is 4.79 Å². The first-order valence-corrected chi connectivity index (χ1v) is 4.96. The topological polar surface area (TPSA) is 81.1 Å². The molecule has 0 fully saturated rings. The van der Waals surface area contributed by atoms with E-state index in [1.165, 1.54) is 6.92 Å². The van der Waals surface area contributed by atoms with Gasteiger partial charge in [-0.3, -0.25) is 4.79 Å². The Morgan fingerprint density at radius 1 is 1.38 bits per heavy atom. The summed E-state index contributed by atoms with van der Waals surface area (Å²) in [6, 6.07) is 7.47. The van der Waals surface area contributed by atoms with Crippen molar-refractivity contribution in [2.45, 2.75) is 19.4 Å². The van der Waals surface area contributed by atoms with E-state index in [-0.39, 0.29) is 24.4 Å². The third-order valence-corrected chi connectivity index (χ3v) is 2.14. The van der Waals surface area contributed by atoms with E-state index in [0.717, 1.165) is 17.7 Å². The molecule has 0 radical (unpaired) electrons. The quantitative estimate of drug-likeness (QED) is 0.748. The van der Waals surface area contributed by atoms with Crippen LogP contribution in [0.3, 0.4) is 0 Å². The van der Waals surface area contributed by atoms with Crippen LogP contribution in [0.25, 0.3) is 0 Å². The second-order valence-corrected chi connectivity index (χ2v) is 3.49. The molecule has 0 unspecified atom stereocenters. The van der Waals surface area contributed by atoms with E-state index in [0.29, 0.717) is 6.54 Å². The standard InChI is InChI=1S/C11H17N3O.ClH/c1-8(15)14-10-4-2-9(3-5-10)11(13)6-7-12;/h2-5,11H,6-7,12-13H2,1H3,(H,14,15);1H/t11-;/m1./s1. The number of benzene rings is 1. The van der Waals surface area contributed by atoms with Gasteiger partial charge in [0.25, 0.3) is 0 Å². The van der Waals surface area contributed by atoms with E-state index < -0.39 is 0 Å². The molecule has 1 aromatic carbocycles. The van der Waals surface area contributed by atoms with Gasteiger partial charge in [-0.25, -0.2) is 0 Å². The molecular weight excluding hydrogens is 226 g/mol. The van der Waals surface area contributed by atoms with Crippen molar-refractivity contribution in [3.05, 3.63) is 29.8 Å². The van der Waals surface area contributed by atoms with E-state index in [1.54, 1.807) is 0 Å². The molecule has 1 rings (SSSR count). The van der Waals surface area contributed by atoms with Gasteiger partial charge in [-0.15, -0.1) is 12.4 Å². The van der Waals surface area contributed by atoms with Crippen LogP contribution in [-0.4, -0.2) is 12.5 Å². The van der Waals surface area contributed by atoms with Crippen LogP contribution < -0.4 is 16.8 Å². The van der Waals surface area contributed by atoms with Gasteiger partial charge < -0.3 is 16.8 Å². The number of amides is 1. The molecule has 90 valence electrons. The summed E-state index contributed by atoms with van der Waals surface area (Å²) in [6.07, 6.45) is 0.763. The highest BCUT2D eigenvalue weighted by Crippen LogP contribution is 2.16. The fourth-order valence-corrected chi connectivity index (χ4v) is 1.36. The van der Waals surface area contributed by atoms with Crippen molar-refractivity contribution in [3.63, 3.8) is 0 Å². The number of nitrogens with two attached hydrogens (primary N) is 2. The largest absolute Gasteiger partial charge is 0.330 e. The highest BCUT2D eigenvalue weighted by molar-refractivity contribution is 5.88. The van der Waals surface area contributed by atoms with Crippen LogP contribution >= 0.6 is 12.4 Å². The minimum Gasteiger partial charge on any atom is -0.330 e. The average molecular weight is 244 g/mol. The van der Waals surface area contributed by atoms with Crippen LogP contribution in [0.1, 0.15) is 24.9 Å². The van der Waals surface area contributed by atoms with Gasteiger partial charge in [-0.05, 0) is 30.7 Å². The number of hydrogen-bond donors (Lipinski definition) is 3. The molecule has 1 amide bonds. The molecule has 0 saturated heterocycles. The Bertz CT molecular complexity index is 327. The van der Waals surface area contributed by atoms with Crippen LogP contribution in [-0.2, 0) is 4.79 Å². The Labute approximate surface area is 102 Å². The Hall–Kier alpha value is -1.10. The van der Waals surface area contributed by atoms with E-state index in [2.05, 4.69) is 5.32 Å². The van der Waals surface area contributed by atoms with Gasteiger partial charge in [-0.2, -0.15) is 0 Å². The van der Waals surface area contributed by atoms with Gasteiger partial charge >= 0.3 is 0 Å². The molecule has 0 aromatic heterocycles. The van der Waals surface area contributed by atoms with Crippen LogP contribution in [0.2, 0.25) is 0 Å². The minimum absolute atomic E-state index is 0. The van der Waals surface area contributed by atoms with E-state index in [9.17, 15) is 4.79 Å². The van der Waals surface area contributed by atoms with E-state index in [1.807, 2.05) is 24.3 Å². The SMILES string of the molecule is CC(=O)Nc1ccc([C@H](N)CCN)cc1.Cl. The monoisotopic (exact) mass is 243 g/mol. The second-order valence-electron chi connectivity index (χ2n) is 3.49. The molecule has 0 aliphatic carbocycles. The molecule has 0 aliphatic rings. The molecule has 0 heterocycles. The summed E-state index contributed by atoms with van der Waals surface area (Å²) >= 11 is 0. The molecule has 0 bridgehead atoms. The second kappa shape index (κ2) is 7.22. The molecule has 1 aromatic rings. The number of halogens is 1. The Kier molecular flexibility index (Phi) is 6.72. The number of rotatable bonds is 4. The van der Waals surface area contributed by atoms with Gasteiger partial charge in [-0.1, -0.05) is 12.1 Å². The van der Waals surface area contributed by atoms with Crippen molar-refractivity contribution >= 4 is 24.0 Å². The average Bonchev–Trinajstić information content (AvgIpc) is 2.18. The van der Waals surface area contributed by atoms with Crippen LogP contribution in [0.15, 0.2) is 24.3 Å². The summed E-state index contributed by atoms with van der Waals surface area (Å²) < 4.78 is 0. The van der Waals surface area contributed by atoms with E-state index >= 15 is 0 Å². The van der Waals surface area contributed by atoms with Crippen molar-refractivity contribution in [2.75, 3.05) is 11.9 Å². The zero-order valence-corrected chi connectivity index (χ0v) is 10.1. The first-order chi connectivity index (χ1) is 7.13. The smallest absolute Gasteiger partial charge is 0.221 e. The third-order valence-electron chi connectivity index (χ3n) is 2.14. The molecule has 5 heteroatoms. The fraction of sp³-hybridized carbons (Fsp3) is 0.364. The highest BCUT2D eigenvalue weighted by atomic mass is 35.5. The minimum atomic E-state index is -0.0750. The molecule has 5 N–H and O–H groups in total. The van der Waals surface area contributed by atoms with Crippen molar-refractivity contribution in [2.24, 2.45) is 11.5 Å². The Balaban J connectivity index is 0.00000225. The summed E-state index contributed by atoms with van der Waals surface area (Å²) in [5.41, 5.74) is 13.1.